The number of rotatable bonds is 5. The molecule has 0 amide bonds. The Morgan fingerprint density at radius 2 is 1.65 bits per heavy atom. The number of benzene rings is 2. The Kier molecular flexibility index (Phi) is 4.01. The minimum atomic E-state index is 0.456. The molecule has 0 spiro atoms. The molecule has 0 aliphatic carbocycles. The fraction of sp³-hybridized carbons (Fsp3) is 0.118. The van der Waals surface area contributed by atoms with E-state index in [0.29, 0.717) is 13.2 Å². The van der Waals surface area contributed by atoms with E-state index >= 15 is 0 Å². The quantitative estimate of drug-likeness (QED) is 0.566. The molecule has 2 aromatic carbocycles. The number of nitrogens with one attached hydrogen (secondary N) is 1. The van der Waals surface area contributed by atoms with Gasteiger partial charge in [0.05, 0.1) is 11.2 Å². The molecule has 100 valence electrons. The molecular formula is C17H16N2O. The van der Waals surface area contributed by atoms with Gasteiger partial charge < -0.3 is 0 Å². The fourth-order valence-electron chi connectivity index (χ4n) is 2.04. The van der Waals surface area contributed by atoms with Crippen LogP contribution in [0.2, 0.25) is 0 Å². The van der Waals surface area contributed by atoms with Gasteiger partial charge in [0.1, 0.15) is 6.61 Å². The van der Waals surface area contributed by atoms with Gasteiger partial charge in [-0.1, -0.05) is 54.6 Å². The number of hydrogen-bond acceptors (Lipinski definition) is 3. The Labute approximate surface area is 118 Å². The molecule has 0 atom stereocenters. The molecule has 0 unspecified atom stereocenters. The molecule has 3 heteroatoms. The minimum absolute atomic E-state index is 0.456. The van der Waals surface area contributed by atoms with Gasteiger partial charge in [-0.25, -0.2) is 0 Å². The molecule has 0 saturated heterocycles. The third-order valence-corrected chi connectivity index (χ3v) is 3.10. The van der Waals surface area contributed by atoms with E-state index in [2.05, 4.69) is 34.7 Å². The largest absolute Gasteiger partial charge is 0.295 e. The summed E-state index contributed by atoms with van der Waals surface area (Å²) in [4.78, 5) is 10.0. The first-order valence-electron chi connectivity index (χ1n) is 6.65. The van der Waals surface area contributed by atoms with Crippen LogP contribution >= 0.6 is 0 Å². The molecule has 20 heavy (non-hydrogen) atoms. The van der Waals surface area contributed by atoms with E-state index in [1.165, 1.54) is 5.56 Å². The van der Waals surface area contributed by atoms with Crippen LogP contribution in [0.4, 0.5) is 0 Å². The number of hydrogen-bond donors (Lipinski definition) is 1. The Balaban J connectivity index is 1.55. The van der Waals surface area contributed by atoms with Crippen LogP contribution in [0.25, 0.3) is 10.9 Å². The van der Waals surface area contributed by atoms with Crippen molar-refractivity contribution in [3.63, 3.8) is 0 Å². The van der Waals surface area contributed by atoms with Gasteiger partial charge in [0.25, 0.3) is 0 Å². The third-order valence-electron chi connectivity index (χ3n) is 3.10. The fourth-order valence-corrected chi connectivity index (χ4v) is 2.04. The highest BCUT2D eigenvalue weighted by atomic mass is 16.6. The topological polar surface area (TPSA) is 34.1 Å². The Hall–Kier alpha value is -2.23. The summed E-state index contributed by atoms with van der Waals surface area (Å²) in [6, 6.07) is 22.3. The van der Waals surface area contributed by atoms with Gasteiger partial charge >= 0.3 is 0 Å². The van der Waals surface area contributed by atoms with E-state index in [4.69, 9.17) is 4.84 Å². The van der Waals surface area contributed by atoms with Crippen molar-refractivity contribution in [1.29, 1.82) is 0 Å². The van der Waals surface area contributed by atoms with Crippen LogP contribution in [0, 0.1) is 0 Å². The number of nitrogens with zero attached hydrogens (tertiary/aromatic N) is 1. The van der Waals surface area contributed by atoms with Crippen LogP contribution in [0.1, 0.15) is 11.3 Å². The number of aromatic nitrogens is 1. The Morgan fingerprint density at radius 1 is 0.850 bits per heavy atom. The minimum Gasteiger partial charge on any atom is -0.295 e. The van der Waals surface area contributed by atoms with Gasteiger partial charge in [-0.15, -0.1) is 0 Å². The van der Waals surface area contributed by atoms with Crippen molar-refractivity contribution < 1.29 is 4.84 Å². The highest BCUT2D eigenvalue weighted by Crippen LogP contribution is 2.12. The number of pyridine rings is 1. The summed E-state index contributed by atoms with van der Waals surface area (Å²) in [6.45, 7) is 1.14. The zero-order valence-corrected chi connectivity index (χ0v) is 11.1. The van der Waals surface area contributed by atoms with Crippen LogP contribution in [0.3, 0.4) is 0 Å². The third kappa shape index (κ3) is 3.20. The second kappa shape index (κ2) is 6.28. The van der Waals surface area contributed by atoms with Crippen molar-refractivity contribution in [3.8, 4) is 0 Å². The van der Waals surface area contributed by atoms with E-state index < -0.39 is 0 Å². The Morgan fingerprint density at radius 3 is 2.55 bits per heavy atom. The van der Waals surface area contributed by atoms with Crippen molar-refractivity contribution in [2.75, 3.05) is 0 Å². The van der Waals surface area contributed by atoms with Crippen LogP contribution in [0.15, 0.2) is 66.7 Å². The van der Waals surface area contributed by atoms with E-state index in [-0.39, 0.29) is 0 Å². The first-order chi connectivity index (χ1) is 9.92. The normalized spacial score (nSPS) is 10.8. The smallest absolute Gasteiger partial charge is 0.110 e. The van der Waals surface area contributed by atoms with Gasteiger partial charge in [0.15, 0.2) is 0 Å². The SMILES string of the molecule is c1ccc(CNOCc2ccc3ccccc3n2)cc1. The number of para-hydroxylation sites is 1. The number of hydroxylamine groups is 1. The lowest BCUT2D eigenvalue weighted by Crippen LogP contribution is -2.14. The highest BCUT2D eigenvalue weighted by Gasteiger charge is 1.98. The number of fused-ring (bicyclic) bond motifs is 1. The van der Waals surface area contributed by atoms with Crippen molar-refractivity contribution in [2.24, 2.45) is 0 Å². The average molecular weight is 264 g/mol. The van der Waals surface area contributed by atoms with Crippen molar-refractivity contribution in [3.05, 3.63) is 78.0 Å². The summed E-state index contributed by atoms with van der Waals surface area (Å²) in [6.07, 6.45) is 0. The molecule has 0 aliphatic heterocycles. The molecule has 0 aliphatic rings. The first-order valence-corrected chi connectivity index (χ1v) is 6.65. The molecule has 1 heterocycles. The van der Waals surface area contributed by atoms with E-state index in [0.717, 1.165) is 16.6 Å². The molecule has 0 saturated carbocycles. The van der Waals surface area contributed by atoms with Crippen LogP contribution in [0.5, 0.6) is 0 Å². The maximum Gasteiger partial charge on any atom is 0.110 e. The zero-order valence-electron chi connectivity index (χ0n) is 11.1. The molecule has 0 fully saturated rings. The lowest BCUT2D eigenvalue weighted by Gasteiger charge is -2.06. The van der Waals surface area contributed by atoms with Gasteiger partial charge in [0.2, 0.25) is 0 Å². The Bertz CT molecular complexity index is 683. The summed E-state index contributed by atoms with van der Waals surface area (Å²) in [5.41, 5.74) is 6.07. The lowest BCUT2D eigenvalue weighted by atomic mass is 10.2. The summed E-state index contributed by atoms with van der Waals surface area (Å²) < 4.78 is 0. The maximum atomic E-state index is 5.46. The van der Waals surface area contributed by atoms with Gasteiger partial charge in [0, 0.05) is 11.9 Å². The highest BCUT2D eigenvalue weighted by molar-refractivity contribution is 5.78. The van der Waals surface area contributed by atoms with Crippen LogP contribution in [-0.2, 0) is 18.0 Å². The average Bonchev–Trinajstić information content (AvgIpc) is 2.52. The summed E-state index contributed by atoms with van der Waals surface area (Å²) in [5, 5.41) is 1.15. The molecule has 1 N–H and O–H groups in total. The standard InChI is InChI=1S/C17H16N2O/c1-2-6-14(7-3-1)12-18-20-13-16-11-10-15-8-4-5-9-17(15)19-16/h1-11,18H,12-13H2. The molecule has 3 aromatic rings. The molecule has 0 radical (unpaired) electrons. The van der Waals surface area contributed by atoms with E-state index in [1.807, 2.05) is 42.5 Å². The second-order valence-corrected chi connectivity index (χ2v) is 4.59. The molecule has 3 rings (SSSR count). The lowest BCUT2D eigenvalue weighted by molar-refractivity contribution is 0.0218. The van der Waals surface area contributed by atoms with Crippen molar-refractivity contribution in [2.45, 2.75) is 13.2 Å². The second-order valence-electron chi connectivity index (χ2n) is 4.59. The van der Waals surface area contributed by atoms with Gasteiger partial charge in [-0.05, 0) is 17.7 Å². The maximum absolute atomic E-state index is 5.46. The summed E-state index contributed by atoms with van der Waals surface area (Å²) in [7, 11) is 0. The molecule has 1 aromatic heterocycles. The molecule has 3 nitrogen and oxygen atoms in total. The van der Waals surface area contributed by atoms with Gasteiger partial charge in [-0.2, -0.15) is 5.48 Å². The van der Waals surface area contributed by atoms with Crippen molar-refractivity contribution >= 4 is 10.9 Å². The summed E-state index contributed by atoms with van der Waals surface area (Å²) >= 11 is 0. The first kappa shape index (κ1) is 12.8. The zero-order chi connectivity index (χ0) is 13.6. The van der Waals surface area contributed by atoms with E-state index in [9.17, 15) is 0 Å². The van der Waals surface area contributed by atoms with Gasteiger partial charge in [-0.3, -0.25) is 9.82 Å². The molecule has 0 bridgehead atoms. The monoisotopic (exact) mass is 264 g/mol. The predicted octanol–water partition coefficient (Wildman–Crippen LogP) is 3.46. The van der Waals surface area contributed by atoms with Crippen LogP contribution in [-0.4, -0.2) is 4.98 Å². The van der Waals surface area contributed by atoms with Crippen LogP contribution < -0.4 is 5.48 Å². The molecular weight excluding hydrogens is 248 g/mol. The van der Waals surface area contributed by atoms with Crippen molar-refractivity contribution in [1.82, 2.24) is 10.5 Å². The summed E-state index contributed by atoms with van der Waals surface area (Å²) in [5.74, 6) is 0. The predicted molar refractivity (Wildman–Crippen MR) is 79.8 cm³/mol. The van der Waals surface area contributed by atoms with E-state index in [1.54, 1.807) is 0 Å².